The van der Waals surface area contributed by atoms with Crippen LogP contribution in [0.2, 0.25) is 0 Å². The molecule has 7 heteroatoms. The topological polar surface area (TPSA) is 76.7 Å². The first-order valence-electron chi connectivity index (χ1n) is 9.77. The maximum Gasteiger partial charge on any atom is 0.262 e. The first kappa shape index (κ1) is 22.2. The normalized spacial score (nSPS) is 10.2. The van der Waals surface area contributed by atoms with Crippen molar-refractivity contribution < 1.29 is 19.1 Å². The van der Waals surface area contributed by atoms with Gasteiger partial charge in [0.1, 0.15) is 11.5 Å². The van der Waals surface area contributed by atoms with Crippen LogP contribution < -0.4 is 20.1 Å². The van der Waals surface area contributed by atoms with E-state index in [4.69, 9.17) is 9.47 Å². The van der Waals surface area contributed by atoms with Crippen LogP contribution in [0.5, 0.6) is 11.5 Å². The molecule has 0 aromatic heterocycles. The van der Waals surface area contributed by atoms with Crippen LogP contribution in [-0.2, 0) is 4.79 Å². The summed E-state index contributed by atoms with van der Waals surface area (Å²) in [7, 11) is 1.57. The molecule has 0 saturated heterocycles. The molecule has 0 aliphatic heterocycles. The molecule has 160 valence electrons. The molecule has 0 bridgehead atoms. The number of benzene rings is 3. The minimum atomic E-state index is -0.286. The first-order valence-corrected chi connectivity index (χ1v) is 10.8. The van der Waals surface area contributed by atoms with Crippen LogP contribution >= 0.6 is 11.8 Å². The Bertz CT molecular complexity index is 994. The summed E-state index contributed by atoms with van der Waals surface area (Å²) in [6.45, 7) is 0.431. The van der Waals surface area contributed by atoms with Gasteiger partial charge in [-0.2, -0.15) is 0 Å². The summed E-state index contributed by atoms with van der Waals surface area (Å²) in [5, 5.41) is 5.65. The van der Waals surface area contributed by atoms with Crippen LogP contribution in [0.1, 0.15) is 10.4 Å². The third kappa shape index (κ3) is 7.38. The summed E-state index contributed by atoms with van der Waals surface area (Å²) in [6.07, 6.45) is 0. The number of nitrogens with one attached hydrogen (secondary N) is 2. The van der Waals surface area contributed by atoms with E-state index in [9.17, 15) is 9.59 Å². The van der Waals surface area contributed by atoms with E-state index < -0.39 is 0 Å². The van der Waals surface area contributed by atoms with Crippen LogP contribution in [0.4, 0.5) is 5.69 Å². The van der Waals surface area contributed by atoms with Gasteiger partial charge in [0.25, 0.3) is 11.8 Å². The van der Waals surface area contributed by atoms with Crippen LogP contribution in [0.3, 0.4) is 0 Å². The van der Waals surface area contributed by atoms with E-state index in [1.54, 1.807) is 67.4 Å². The first-order chi connectivity index (χ1) is 15.1. The third-order valence-corrected chi connectivity index (χ3v) is 5.25. The van der Waals surface area contributed by atoms with Crippen LogP contribution in [0.25, 0.3) is 0 Å². The predicted octanol–water partition coefficient (Wildman–Crippen LogP) is 4.23. The second kappa shape index (κ2) is 11.7. The van der Waals surface area contributed by atoms with Crippen molar-refractivity contribution in [3.05, 3.63) is 84.4 Å². The fourth-order valence-corrected chi connectivity index (χ4v) is 3.49. The highest BCUT2D eigenvalue weighted by Crippen LogP contribution is 2.18. The molecule has 0 spiro atoms. The Hall–Kier alpha value is -3.45. The summed E-state index contributed by atoms with van der Waals surface area (Å²) < 4.78 is 10.6. The number of hydrogen-bond acceptors (Lipinski definition) is 5. The second-order valence-electron chi connectivity index (χ2n) is 6.51. The zero-order valence-electron chi connectivity index (χ0n) is 17.2. The van der Waals surface area contributed by atoms with Crippen molar-refractivity contribution in [1.29, 1.82) is 0 Å². The van der Waals surface area contributed by atoms with Gasteiger partial charge in [0.2, 0.25) is 0 Å². The predicted molar refractivity (Wildman–Crippen MR) is 123 cm³/mol. The Balaban J connectivity index is 1.39. The number of thioether (sulfide) groups is 1. The summed E-state index contributed by atoms with van der Waals surface area (Å²) in [4.78, 5) is 25.5. The highest BCUT2D eigenvalue weighted by Gasteiger charge is 2.07. The van der Waals surface area contributed by atoms with E-state index in [2.05, 4.69) is 10.6 Å². The Labute approximate surface area is 186 Å². The molecule has 0 unspecified atom stereocenters. The summed E-state index contributed by atoms with van der Waals surface area (Å²) >= 11 is 1.69. The fourth-order valence-electron chi connectivity index (χ4n) is 2.70. The lowest BCUT2D eigenvalue weighted by atomic mass is 10.2. The lowest BCUT2D eigenvalue weighted by Gasteiger charge is -2.09. The number of methoxy groups -OCH3 is 1. The lowest BCUT2D eigenvalue weighted by Crippen LogP contribution is -2.25. The molecular weight excluding hydrogens is 412 g/mol. The summed E-state index contributed by atoms with van der Waals surface area (Å²) in [6, 6.07) is 23.8. The molecule has 2 amide bonds. The van der Waals surface area contributed by atoms with E-state index in [1.165, 1.54) is 4.90 Å². The number of amides is 2. The van der Waals surface area contributed by atoms with Crippen molar-refractivity contribution in [2.75, 3.05) is 31.3 Å². The molecule has 0 heterocycles. The van der Waals surface area contributed by atoms with Gasteiger partial charge in [-0.25, -0.2) is 0 Å². The summed E-state index contributed by atoms with van der Waals surface area (Å²) in [5.41, 5.74) is 1.17. The van der Waals surface area contributed by atoms with Crippen LogP contribution in [-0.4, -0.2) is 37.8 Å². The molecule has 6 nitrogen and oxygen atoms in total. The van der Waals surface area contributed by atoms with E-state index >= 15 is 0 Å². The highest BCUT2D eigenvalue weighted by molar-refractivity contribution is 7.99. The second-order valence-corrected chi connectivity index (χ2v) is 7.68. The van der Waals surface area contributed by atoms with E-state index in [1.807, 2.05) is 30.3 Å². The molecule has 2 N–H and O–H groups in total. The quantitative estimate of drug-likeness (QED) is 0.367. The third-order valence-electron chi connectivity index (χ3n) is 4.24. The molecule has 3 aromatic carbocycles. The SMILES string of the molecule is COc1cccc(NC(=O)COc2ccc(C(=O)NCCSc3ccccc3)cc2)c1. The number of anilines is 1. The van der Waals surface area contributed by atoms with Gasteiger partial charge in [-0.05, 0) is 48.5 Å². The van der Waals surface area contributed by atoms with E-state index in [-0.39, 0.29) is 18.4 Å². The number of rotatable bonds is 10. The summed E-state index contributed by atoms with van der Waals surface area (Å²) in [5.74, 6) is 1.53. The van der Waals surface area contributed by atoms with Crippen LogP contribution in [0.15, 0.2) is 83.8 Å². The van der Waals surface area contributed by atoms with Gasteiger partial charge >= 0.3 is 0 Å². The number of carbonyl (C=O) groups is 2. The van der Waals surface area contributed by atoms with E-state index in [0.29, 0.717) is 29.3 Å². The number of hydrogen-bond donors (Lipinski definition) is 2. The van der Waals surface area contributed by atoms with Gasteiger partial charge in [-0.15, -0.1) is 11.8 Å². The minimum absolute atomic E-state index is 0.139. The monoisotopic (exact) mass is 436 g/mol. The molecule has 0 saturated carbocycles. The van der Waals surface area contributed by atoms with Crippen molar-refractivity contribution >= 4 is 29.3 Å². The highest BCUT2D eigenvalue weighted by atomic mass is 32.2. The standard InChI is InChI=1S/C24H24N2O4S/c1-29-21-7-5-6-19(16-21)26-23(27)17-30-20-12-10-18(11-13-20)24(28)25-14-15-31-22-8-3-2-4-9-22/h2-13,16H,14-15,17H2,1H3,(H,25,28)(H,26,27). The molecule has 0 aliphatic carbocycles. The van der Waals surface area contributed by atoms with Gasteiger partial charge in [-0.1, -0.05) is 24.3 Å². The molecular formula is C24H24N2O4S. The van der Waals surface area contributed by atoms with Gasteiger partial charge in [0.15, 0.2) is 6.61 Å². The largest absolute Gasteiger partial charge is 0.497 e. The van der Waals surface area contributed by atoms with Gasteiger partial charge in [0.05, 0.1) is 7.11 Å². The van der Waals surface area contributed by atoms with Gasteiger partial charge in [0, 0.05) is 34.5 Å². The zero-order valence-corrected chi connectivity index (χ0v) is 18.0. The number of ether oxygens (including phenoxy) is 2. The lowest BCUT2D eigenvalue weighted by molar-refractivity contribution is -0.118. The minimum Gasteiger partial charge on any atom is -0.497 e. The van der Waals surface area contributed by atoms with Gasteiger partial charge < -0.3 is 20.1 Å². The van der Waals surface area contributed by atoms with E-state index in [0.717, 1.165) is 5.75 Å². The Kier molecular flexibility index (Phi) is 8.37. The molecule has 3 aromatic rings. The Morgan fingerprint density at radius 1 is 0.903 bits per heavy atom. The number of carbonyl (C=O) groups excluding carboxylic acids is 2. The molecule has 0 fully saturated rings. The van der Waals surface area contributed by atoms with Crippen molar-refractivity contribution in [3.8, 4) is 11.5 Å². The van der Waals surface area contributed by atoms with Crippen molar-refractivity contribution in [1.82, 2.24) is 5.32 Å². The maximum atomic E-state index is 12.3. The average molecular weight is 437 g/mol. The maximum absolute atomic E-state index is 12.3. The molecule has 0 aliphatic rings. The fraction of sp³-hybridized carbons (Fsp3) is 0.167. The molecule has 3 rings (SSSR count). The Morgan fingerprint density at radius 2 is 1.68 bits per heavy atom. The smallest absolute Gasteiger partial charge is 0.262 e. The molecule has 0 radical (unpaired) electrons. The zero-order chi connectivity index (χ0) is 21.9. The average Bonchev–Trinajstić information content (AvgIpc) is 2.81. The van der Waals surface area contributed by atoms with Crippen LogP contribution in [0, 0.1) is 0 Å². The molecule has 31 heavy (non-hydrogen) atoms. The van der Waals surface area contributed by atoms with Crippen molar-refractivity contribution in [3.63, 3.8) is 0 Å². The Morgan fingerprint density at radius 3 is 2.42 bits per heavy atom. The van der Waals surface area contributed by atoms with Crippen molar-refractivity contribution in [2.24, 2.45) is 0 Å². The van der Waals surface area contributed by atoms with Crippen molar-refractivity contribution in [2.45, 2.75) is 4.90 Å². The molecule has 0 atom stereocenters. The van der Waals surface area contributed by atoms with Gasteiger partial charge in [-0.3, -0.25) is 9.59 Å².